The molecular weight excluding hydrogens is 238 g/mol. The zero-order chi connectivity index (χ0) is 12.6. The topological polar surface area (TPSA) is 79.7 Å². The molecule has 1 heterocycles. The number of aliphatic imine (C=N–C) groups is 1. The van der Waals surface area contributed by atoms with E-state index < -0.39 is 12.0 Å². The van der Waals surface area contributed by atoms with Gasteiger partial charge in [-0.1, -0.05) is 11.6 Å². The van der Waals surface area contributed by atoms with Crippen molar-refractivity contribution in [2.24, 2.45) is 16.5 Å². The third-order valence-corrected chi connectivity index (χ3v) is 2.90. The number of halogens is 1. The molecule has 0 saturated heterocycles. The first kappa shape index (κ1) is 12.2. The highest BCUT2D eigenvalue weighted by Gasteiger charge is 2.34. The monoisotopic (exact) mass is 253 g/mol. The second-order valence-corrected chi connectivity index (χ2v) is 4.88. The van der Waals surface area contributed by atoms with Crippen molar-refractivity contribution in [1.29, 1.82) is 0 Å². The SMILES string of the molecule is CC1(C)NC(N)N=C(N)N1c1ccc(Cl)cc1. The van der Waals surface area contributed by atoms with E-state index in [1.54, 1.807) is 0 Å². The zero-order valence-corrected chi connectivity index (χ0v) is 10.6. The van der Waals surface area contributed by atoms with Crippen LogP contribution in [0.3, 0.4) is 0 Å². The van der Waals surface area contributed by atoms with Crippen molar-refractivity contribution >= 4 is 23.2 Å². The molecule has 0 aliphatic carbocycles. The van der Waals surface area contributed by atoms with Gasteiger partial charge in [0.15, 0.2) is 12.2 Å². The van der Waals surface area contributed by atoms with Gasteiger partial charge in [0.25, 0.3) is 0 Å². The lowest BCUT2D eigenvalue weighted by Crippen LogP contribution is -2.67. The summed E-state index contributed by atoms with van der Waals surface area (Å²) in [7, 11) is 0. The van der Waals surface area contributed by atoms with E-state index in [1.165, 1.54) is 0 Å². The van der Waals surface area contributed by atoms with Crippen molar-refractivity contribution in [1.82, 2.24) is 5.32 Å². The molecule has 2 rings (SSSR count). The maximum atomic E-state index is 5.94. The van der Waals surface area contributed by atoms with Crippen molar-refractivity contribution in [2.45, 2.75) is 25.8 Å². The third kappa shape index (κ3) is 2.36. The van der Waals surface area contributed by atoms with Gasteiger partial charge < -0.3 is 5.73 Å². The maximum absolute atomic E-state index is 5.94. The summed E-state index contributed by atoms with van der Waals surface area (Å²) in [4.78, 5) is 5.99. The van der Waals surface area contributed by atoms with Gasteiger partial charge in [0.05, 0.1) is 5.66 Å². The summed E-state index contributed by atoms with van der Waals surface area (Å²) in [6.45, 7) is 3.98. The Labute approximate surface area is 105 Å². The highest BCUT2D eigenvalue weighted by molar-refractivity contribution is 6.30. The minimum Gasteiger partial charge on any atom is -0.369 e. The van der Waals surface area contributed by atoms with Gasteiger partial charge in [0, 0.05) is 10.7 Å². The normalized spacial score (nSPS) is 23.4. The average molecular weight is 254 g/mol. The molecule has 17 heavy (non-hydrogen) atoms. The Balaban J connectivity index is 2.42. The van der Waals surface area contributed by atoms with Crippen LogP contribution in [0.5, 0.6) is 0 Å². The minimum absolute atomic E-state index is 0.392. The van der Waals surface area contributed by atoms with Crippen molar-refractivity contribution in [3.8, 4) is 0 Å². The molecule has 0 bridgehead atoms. The van der Waals surface area contributed by atoms with Crippen LogP contribution >= 0.6 is 11.6 Å². The van der Waals surface area contributed by atoms with Gasteiger partial charge in [-0.15, -0.1) is 0 Å². The van der Waals surface area contributed by atoms with E-state index in [1.807, 2.05) is 43.0 Å². The predicted octanol–water partition coefficient (Wildman–Crippen LogP) is 1.04. The second kappa shape index (κ2) is 4.18. The molecule has 5 N–H and O–H groups in total. The van der Waals surface area contributed by atoms with Gasteiger partial charge in [0.2, 0.25) is 0 Å². The lowest BCUT2D eigenvalue weighted by atomic mass is 10.1. The molecule has 1 atom stereocenters. The lowest BCUT2D eigenvalue weighted by Gasteiger charge is -2.44. The fourth-order valence-electron chi connectivity index (χ4n) is 1.99. The number of nitrogens with one attached hydrogen (secondary N) is 1. The van der Waals surface area contributed by atoms with E-state index in [2.05, 4.69) is 10.3 Å². The van der Waals surface area contributed by atoms with Gasteiger partial charge in [0.1, 0.15) is 0 Å². The van der Waals surface area contributed by atoms with Crippen LogP contribution in [0, 0.1) is 0 Å². The fourth-order valence-corrected chi connectivity index (χ4v) is 2.12. The van der Waals surface area contributed by atoms with Gasteiger partial charge in [-0.2, -0.15) is 0 Å². The molecule has 1 unspecified atom stereocenters. The summed E-state index contributed by atoms with van der Waals surface area (Å²) >= 11 is 5.87. The Morgan fingerprint density at radius 3 is 2.47 bits per heavy atom. The van der Waals surface area contributed by atoms with E-state index in [0.29, 0.717) is 11.0 Å². The standard InChI is InChI=1S/C11H16ClN5/c1-11(2)16-9(13)15-10(14)17(11)8-5-3-7(12)4-6-8/h3-6,9,16H,13H2,1-2H3,(H2,14,15). The zero-order valence-electron chi connectivity index (χ0n) is 9.81. The first-order chi connectivity index (χ1) is 7.90. The smallest absolute Gasteiger partial charge is 0.200 e. The van der Waals surface area contributed by atoms with E-state index in [0.717, 1.165) is 5.69 Å². The Kier molecular flexibility index (Phi) is 2.99. The first-order valence-corrected chi connectivity index (χ1v) is 5.70. The van der Waals surface area contributed by atoms with E-state index >= 15 is 0 Å². The summed E-state index contributed by atoms with van der Waals surface area (Å²) in [5.41, 5.74) is 12.2. The van der Waals surface area contributed by atoms with E-state index in [9.17, 15) is 0 Å². The van der Waals surface area contributed by atoms with Crippen LogP contribution in [0.25, 0.3) is 0 Å². The molecular formula is C11H16ClN5. The van der Waals surface area contributed by atoms with Crippen molar-refractivity contribution in [3.63, 3.8) is 0 Å². The molecule has 92 valence electrons. The van der Waals surface area contributed by atoms with Gasteiger partial charge in [-0.05, 0) is 38.1 Å². The van der Waals surface area contributed by atoms with Crippen LogP contribution in [-0.2, 0) is 0 Å². The number of nitrogens with two attached hydrogens (primary N) is 2. The molecule has 1 aromatic carbocycles. The number of guanidine groups is 1. The number of nitrogens with zero attached hydrogens (tertiary/aromatic N) is 2. The van der Waals surface area contributed by atoms with Crippen LogP contribution < -0.4 is 21.7 Å². The summed E-state index contributed by atoms with van der Waals surface area (Å²) in [5, 5.41) is 3.84. The highest BCUT2D eigenvalue weighted by Crippen LogP contribution is 2.25. The molecule has 1 aliphatic heterocycles. The van der Waals surface area contributed by atoms with Crippen molar-refractivity contribution in [3.05, 3.63) is 29.3 Å². The quantitative estimate of drug-likeness (QED) is 0.699. The Morgan fingerprint density at radius 1 is 1.35 bits per heavy atom. The molecule has 1 aliphatic rings. The molecule has 0 fully saturated rings. The number of anilines is 1. The average Bonchev–Trinajstić information content (AvgIpc) is 2.18. The molecule has 5 nitrogen and oxygen atoms in total. The number of hydrogen-bond donors (Lipinski definition) is 3. The number of hydrogen-bond acceptors (Lipinski definition) is 5. The summed E-state index contributed by atoms with van der Waals surface area (Å²) in [6, 6.07) is 7.42. The van der Waals surface area contributed by atoms with Crippen LogP contribution in [0.4, 0.5) is 5.69 Å². The molecule has 1 aromatic rings. The number of rotatable bonds is 1. The summed E-state index contributed by atoms with van der Waals surface area (Å²) < 4.78 is 0. The second-order valence-electron chi connectivity index (χ2n) is 4.45. The minimum atomic E-state index is -0.478. The van der Waals surface area contributed by atoms with Gasteiger partial charge >= 0.3 is 0 Å². The van der Waals surface area contributed by atoms with Crippen molar-refractivity contribution < 1.29 is 0 Å². The predicted molar refractivity (Wildman–Crippen MR) is 70.7 cm³/mol. The van der Waals surface area contributed by atoms with E-state index in [4.69, 9.17) is 23.1 Å². The van der Waals surface area contributed by atoms with Crippen LogP contribution in [-0.4, -0.2) is 17.9 Å². The summed E-state index contributed by atoms with van der Waals surface area (Å²) in [5.74, 6) is 0.392. The Hall–Kier alpha value is -1.30. The molecule has 6 heteroatoms. The Bertz CT molecular complexity index is 440. The molecule has 0 saturated carbocycles. The lowest BCUT2D eigenvalue weighted by molar-refractivity contribution is 0.333. The van der Waals surface area contributed by atoms with E-state index in [-0.39, 0.29) is 0 Å². The molecule has 0 radical (unpaired) electrons. The fraction of sp³-hybridized carbons (Fsp3) is 0.364. The maximum Gasteiger partial charge on any atom is 0.200 e. The van der Waals surface area contributed by atoms with Crippen LogP contribution in [0.1, 0.15) is 13.8 Å². The first-order valence-electron chi connectivity index (χ1n) is 5.32. The summed E-state index contributed by atoms with van der Waals surface area (Å²) in [6.07, 6.45) is -0.478. The van der Waals surface area contributed by atoms with Crippen LogP contribution in [0.2, 0.25) is 5.02 Å². The molecule has 0 amide bonds. The van der Waals surface area contributed by atoms with Gasteiger partial charge in [-0.25, -0.2) is 4.99 Å². The third-order valence-electron chi connectivity index (χ3n) is 2.65. The number of benzene rings is 1. The largest absolute Gasteiger partial charge is 0.369 e. The molecule has 0 spiro atoms. The van der Waals surface area contributed by atoms with Crippen LogP contribution in [0.15, 0.2) is 29.3 Å². The molecule has 0 aromatic heterocycles. The van der Waals surface area contributed by atoms with Crippen molar-refractivity contribution in [2.75, 3.05) is 4.90 Å². The van der Waals surface area contributed by atoms with Gasteiger partial charge in [-0.3, -0.25) is 16.0 Å². The Morgan fingerprint density at radius 2 is 1.94 bits per heavy atom. The highest BCUT2D eigenvalue weighted by atomic mass is 35.5.